The van der Waals surface area contributed by atoms with Gasteiger partial charge in [0.25, 0.3) is 0 Å². The first-order valence-electron chi connectivity index (χ1n) is 6.94. The second kappa shape index (κ2) is 5.54. The zero-order valence-corrected chi connectivity index (χ0v) is 13.1. The predicted molar refractivity (Wildman–Crippen MR) is 87.2 cm³/mol. The number of nitrogens with one attached hydrogen (secondary N) is 1. The number of nitrogens with zero attached hydrogens (tertiary/aromatic N) is 1. The quantitative estimate of drug-likeness (QED) is 0.759. The molecule has 3 aromatic rings. The lowest BCUT2D eigenvalue weighted by Crippen LogP contribution is -2.11. The zero-order chi connectivity index (χ0) is 15.0. The molecular formula is C17H17FN2S. The summed E-state index contributed by atoms with van der Waals surface area (Å²) in [5.41, 5.74) is 2.03. The summed E-state index contributed by atoms with van der Waals surface area (Å²) in [6.45, 7) is 4.14. The number of aromatic nitrogens is 1. The Hall–Kier alpha value is -1.78. The van der Waals surface area contributed by atoms with Gasteiger partial charge >= 0.3 is 0 Å². The van der Waals surface area contributed by atoms with Crippen molar-refractivity contribution in [3.05, 3.63) is 52.8 Å². The molecule has 1 N–H and O–H groups in total. The van der Waals surface area contributed by atoms with E-state index in [4.69, 9.17) is 0 Å². The molecule has 0 aliphatic heterocycles. The fourth-order valence-electron chi connectivity index (χ4n) is 2.51. The standard InChI is InChI=1S/C17H17FN2S/c1-10(19-3)16-11(2)20-17(21-16)14-8-9-15(18)13-7-5-4-6-12(13)14/h4-10,19H,1-3H3. The Morgan fingerprint density at radius 1 is 1.14 bits per heavy atom. The first kappa shape index (κ1) is 14.2. The first-order valence-corrected chi connectivity index (χ1v) is 7.75. The Labute approximate surface area is 127 Å². The summed E-state index contributed by atoms with van der Waals surface area (Å²) in [6, 6.07) is 11.2. The van der Waals surface area contributed by atoms with Crippen LogP contribution in [-0.4, -0.2) is 12.0 Å². The molecule has 1 aromatic heterocycles. The van der Waals surface area contributed by atoms with Crippen molar-refractivity contribution in [1.82, 2.24) is 10.3 Å². The van der Waals surface area contributed by atoms with Crippen molar-refractivity contribution in [2.45, 2.75) is 19.9 Å². The maximum absolute atomic E-state index is 13.9. The molecule has 0 radical (unpaired) electrons. The van der Waals surface area contributed by atoms with Crippen LogP contribution in [0, 0.1) is 12.7 Å². The minimum Gasteiger partial charge on any atom is -0.312 e. The van der Waals surface area contributed by atoms with Gasteiger partial charge in [0, 0.05) is 21.9 Å². The van der Waals surface area contributed by atoms with E-state index in [1.54, 1.807) is 11.3 Å². The van der Waals surface area contributed by atoms with E-state index in [0.29, 0.717) is 5.39 Å². The number of hydrogen-bond acceptors (Lipinski definition) is 3. The van der Waals surface area contributed by atoms with Crippen molar-refractivity contribution in [3.8, 4) is 10.6 Å². The number of thiazole rings is 1. The molecule has 0 aliphatic rings. The number of aryl methyl sites for hydroxylation is 1. The Kier molecular flexibility index (Phi) is 3.74. The Bertz CT molecular complexity index is 795. The molecule has 0 saturated heterocycles. The van der Waals surface area contributed by atoms with Crippen LogP contribution in [0.15, 0.2) is 36.4 Å². The topological polar surface area (TPSA) is 24.9 Å². The molecular weight excluding hydrogens is 283 g/mol. The maximum Gasteiger partial charge on any atom is 0.131 e. The molecule has 2 aromatic carbocycles. The lowest BCUT2D eigenvalue weighted by molar-refractivity contribution is 0.640. The lowest BCUT2D eigenvalue weighted by Gasteiger charge is -2.07. The lowest BCUT2D eigenvalue weighted by atomic mass is 10.0. The number of benzene rings is 2. The third-order valence-electron chi connectivity index (χ3n) is 3.76. The van der Waals surface area contributed by atoms with Crippen LogP contribution in [0.4, 0.5) is 4.39 Å². The fourth-order valence-corrected chi connectivity index (χ4v) is 3.67. The van der Waals surface area contributed by atoms with Gasteiger partial charge in [0.05, 0.1) is 5.69 Å². The van der Waals surface area contributed by atoms with E-state index < -0.39 is 0 Å². The molecule has 0 amide bonds. The molecule has 1 heterocycles. The van der Waals surface area contributed by atoms with Crippen molar-refractivity contribution < 1.29 is 4.39 Å². The highest BCUT2D eigenvalue weighted by Gasteiger charge is 2.16. The van der Waals surface area contributed by atoms with E-state index in [1.807, 2.05) is 44.3 Å². The molecule has 0 bridgehead atoms. The van der Waals surface area contributed by atoms with Crippen LogP contribution in [0.3, 0.4) is 0 Å². The molecule has 3 rings (SSSR count). The van der Waals surface area contributed by atoms with E-state index in [9.17, 15) is 4.39 Å². The van der Waals surface area contributed by atoms with Crippen LogP contribution in [0.5, 0.6) is 0 Å². The number of halogens is 1. The summed E-state index contributed by atoms with van der Waals surface area (Å²) in [4.78, 5) is 5.91. The summed E-state index contributed by atoms with van der Waals surface area (Å²) in [5.74, 6) is -0.188. The molecule has 1 atom stereocenters. The molecule has 108 valence electrons. The predicted octanol–water partition coefficient (Wildman–Crippen LogP) is 4.69. The molecule has 2 nitrogen and oxygen atoms in total. The van der Waals surface area contributed by atoms with Gasteiger partial charge < -0.3 is 5.32 Å². The second-order valence-electron chi connectivity index (χ2n) is 5.12. The molecule has 4 heteroatoms. The fraction of sp³-hybridized carbons (Fsp3) is 0.235. The van der Waals surface area contributed by atoms with Gasteiger partial charge in [-0.05, 0) is 38.4 Å². The molecule has 21 heavy (non-hydrogen) atoms. The number of rotatable bonds is 3. The zero-order valence-electron chi connectivity index (χ0n) is 12.3. The highest BCUT2D eigenvalue weighted by Crippen LogP contribution is 2.36. The van der Waals surface area contributed by atoms with Crippen molar-refractivity contribution in [2.24, 2.45) is 0 Å². The van der Waals surface area contributed by atoms with Gasteiger partial charge in [-0.25, -0.2) is 9.37 Å². The maximum atomic E-state index is 13.9. The average molecular weight is 300 g/mol. The molecule has 0 spiro atoms. The smallest absolute Gasteiger partial charge is 0.131 e. The van der Waals surface area contributed by atoms with Crippen molar-refractivity contribution in [1.29, 1.82) is 0 Å². The average Bonchev–Trinajstić information content (AvgIpc) is 2.89. The van der Waals surface area contributed by atoms with Gasteiger partial charge in [-0.2, -0.15) is 0 Å². The summed E-state index contributed by atoms with van der Waals surface area (Å²) in [7, 11) is 1.94. The van der Waals surface area contributed by atoms with Crippen LogP contribution in [0.25, 0.3) is 21.3 Å². The van der Waals surface area contributed by atoms with Crippen LogP contribution < -0.4 is 5.32 Å². The van der Waals surface area contributed by atoms with E-state index in [0.717, 1.165) is 21.7 Å². The first-order chi connectivity index (χ1) is 10.1. The Balaban J connectivity index is 2.20. The van der Waals surface area contributed by atoms with Gasteiger partial charge in [0.2, 0.25) is 0 Å². The van der Waals surface area contributed by atoms with Gasteiger partial charge in [-0.3, -0.25) is 0 Å². The molecule has 1 unspecified atom stereocenters. The second-order valence-corrected chi connectivity index (χ2v) is 6.15. The van der Waals surface area contributed by atoms with E-state index >= 15 is 0 Å². The number of fused-ring (bicyclic) bond motifs is 1. The highest BCUT2D eigenvalue weighted by molar-refractivity contribution is 7.15. The van der Waals surface area contributed by atoms with Crippen molar-refractivity contribution in [2.75, 3.05) is 7.05 Å². The normalized spacial score (nSPS) is 12.8. The van der Waals surface area contributed by atoms with Crippen LogP contribution in [-0.2, 0) is 0 Å². The summed E-state index contributed by atoms with van der Waals surface area (Å²) >= 11 is 1.67. The summed E-state index contributed by atoms with van der Waals surface area (Å²) in [6.07, 6.45) is 0. The third-order valence-corrected chi connectivity index (χ3v) is 5.13. The highest BCUT2D eigenvalue weighted by atomic mass is 32.1. The Morgan fingerprint density at radius 2 is 1.86 bits per heavy atom. The molecule has 0 fully saturated rings. The SMILES string of the molecule is CNC(C)c1sc(-c2ccc(F)c3ccccc23)nc1C. The summed E-state index contributed by atoms with van der Waals surface area (Å²) in [5, 5.41) is 5.75. The minimum absolute atomic E-state index is 0.188. The largest absolute Gasteiger partial charge is 0.312 e. The third kappa shape index (κ3) is 2.45. The number of hydrogen-bond donors (Lipinski definition) is 1. The van der Waals surface area contributed by atoms with Crippen molar-refractivity contribution >= 4 is 22.1 Å². The van der Waals surface area contributed by atoms with E-state index in [-0.39, 0.29) is 11.9 Å². The Morgan fingerprint density at radius 3 is 2.57 bits per heavy atom. The molecule has 0 aliphatic carbocycles. The van der Waals surface area contributed by atoms with E-state index in [1.165, 1.54) is 10.9 Å². The minimum atomic E-state index is -0.188. The van der Waals surface area contributed by atoms with Gasteiger partial charge in [0.15, 0.2) is 0 Å². The van der Waals surface area contributed by atoms with Crippen LogP contribution in [0.1, 0.15) is 23.5 Å². The van der Waals surface area contributed by atoms with Gasteiger partial charge in [0.1, 0.15) is 10.8 Å². The summed E-state index contributed by atoms with van der Waals surface area (Å²) < 4.78 is 13.9. The monoisotopic (exact) mass is 300 g/mol. The van der Waals surface area contributed by atoms with Gasteiger partial charge in [-0.15, -0.1) is 11.3 Å². The van der Waals surface area contributed by atoms with Crippen LogP contribution >= 0.6 is 11.3 Å². The van der Waals surface area contributed by atoms with Crippen molar-refractivity contribution in [3.63, 3.8) is 0 Å². The van der Waals surface area contributed by atoms with Gasteiger partial charge in [-0.1, -0.05) is 24.3 Å². The van der Waals surface area contributed by atoms with E-state index in [2.05, 4.69) is 17.2 Å². The van der Waals surface area contributed by atoms with Crippen LogP contribution in [0.2, 0.25) is 0 Å². The molecule has 0 saturated carbocycles.